The van der Waals surface area contributed by atoms with E-state index in [1.54, 1.807) is 0 Å². The second kappa shape index (κ2) is 4.97. The zero-order valence-electron chi connectivity index (χ0n) is 16.9. The molecule has 6 atom stereocenters. The van der Waals surface area contributed by atoms with Crippen LogP contribution in [0.1, 0.15) is 67.2 Å². The van der Waals surface area contributed by atoms with Crippen LogP contribution in [0.15, 0.2) is 0 Å². The fourth-order valence-electron chi connectivity index (χ4n) is 7.41. The first-order valence-corrected chi connectivity index (χ1v) is 10.3. The smallest absolute Gasteiger partial charge is 0.143 e. The molecule has 0 radical (unpaired) electrons. The molecular formula is C22H35NO2. The lowest BCUT2D eigenvalue weighted by Crippen LogP contribution is -2.40. The van der Waals surface area contributed by atoms with Gasteiger partial charge in [0.2, 0.25) is 0 Å². The Labute approximate surface area is 152 Å². The van der Waals surface area contributed by atoms with Crippen molar-refractivity contribution in [2.75, 3.05) is 13.1 Å². The number of carbonyl (C=O) groups is 2. The molecule has 1 N–H and O–H groups in total. The molecule has 6 unspecified atom stereocenters. The van der Waals surface area contributed by atoms with Gasteiger partial charge in [-0.15, -0.1) is 0 Å². The maximum absolute atomic E-state index is 13.0. The SMILES string of the molecule is CC12CCC(C(CNCC3C(=O)C4(C)CCC3C4(C)C)C1=O)C2(C)C. The Kier molecular flexibility index (Phi) is 3.52. The Morgan fingerprint density at radius 3 is 1.40 bits per heavy atom. The molecule has 4 saturated carbocycles. The van der Waals surface area contributed by atoms with Crippen LogP contribution in [-0.2, 0) is 9.59 Å². The van der Waals surface area contributed by atoms with Gasteiger partial charge in [0, 0.05) is 35.8 Å². The first-order chi connectivity index (χ1) is 11.5. The number of carbonyl (C=O) groups excluding carboxylic acids is 2. The van der Waals surface area contributed by atoms with Gasteiger partial charge in [-0.2, -0.15) is 0 Å². The summed E-state index contributed by atoms with van der Waals surface area (Å²) in [6.07, 6.45) is 4.46. The fourth-order valence-corrected chi connectivity index (χ4v) is 7.41. The summed E-state index contributed by atoms with van der Waals surface area (Å²) in [7, 11) is 0. The summed E-state index contributed by atoms with van der Waals surface area (Å²) in [6.45, 7) is 15.0. The highest BCUT2D eigenvalue weighted by atomic mass is 16.1. The van der Waals surface area contributed by atoms with Gasteiger partial charge in [-0.3, -0.25) is 9.59 Å². The fraction of sp³-hybridized carbons (Fsp3) is 0.909. The third-order valence-corrected chi connectivity index (χ3v) is 10.1. The van der Waals surface area contributed by atoms with Gasteiger partial charge >= 0.3 is 0 Å². The van der Waals surface area contributed by atoms with Crippen molar-refractivity contribution in [3.05, 3.63) is 0 Å². The highest BCUT2D eigenvalue weighted by molar-refractivity contribution is 5.92. The topological polar surface area (TPSA) is 46.2 Å². The minimum atomic E-state index is -0.137. The molecule has 0 aromatic rings. The molecule has 0 spiro atoms. The standard InChI is InChI=1S/C22H35NO2/c1-19(2)15-7-9-21(19,5)17(24)13(15)11-23-12-14-16-8-10-22(6,18(14)25)20(16,3)4/h13-16,23H,7-12H2,1-6H3. The second-order valence-corrected chi connectivity index (χ2v) is 11.0. The van der Waals surface area contributed by atoms with Crippen LogP contribution in [0.3, 0.4) is 0 Å². The summed E-state index contributed by atoms with van der Waals surface area (Å²) in [6, 6.07) is 0. The van der Waals surface area contributed by atoms with Gasteiger partial charge in [-0.1, -0.05) is 41.5 Å². The number of rotatable bonds is 4. The summed E-state index contributed by atoms with van der Waals surface area (Å²) in [4.78, 5) is 25.9. The van der Waals surface area contributed by atoms with E-state index in [2.05, 4.69) is 46.9 Å². The van der Waals surface area contributed by atoms with E-state index in [4.69, 9.17) is 0 Å². The van der Waals surface area contributed by atoms with Crippen LogP contribution >= 0.6 is 0 Å². The van der Waals surface area contributed by atoms with Crippen LogP contribution in [0.25, 0.3) is 0 Å². The Morgan fingerprint density at radius 1 is 0.760 bits per heavy atom. The van der Waals surface area contributed by atoms with Gasteiger partial charge in [0.1, 0.15) is 11.6 Å². The molecule has 0 aromatic carbocycles. The Bertz CT molecular complexity index is 582. The molecular weight excluding hydrogens is 310 g/mol. The zero-order valence-corrected chi connectivity index (χ0v) is 16.9. The maximum atomic E-state index is 13.0. The second-order valence-electron chi connectivity index (χ2n) is 11.0. The third kappa shape index (κ3) is 1.86. The minimum Gasteiger partial charge on any atom is -0.315 e. The zero-order chi connectivity index (χ0) is 18.4. The maximum Gasteiger partial charge on any atom is 0.143 e. The molecule has 0 heterocycles. The Hall–Kier alpha value is -0.700. The normalized spacial score (nSPS) is 49.4. The van der Waals surface area contributed by atoms with E-state index in [0.717, 1.165) is 25.9 Å². The van der Waals surface area contributed by atoms with Crippen molar-refractivity contribution in [2.45, 2.75) is 67.2 Å². The molecule has 4 fully saturated rings. The predicted molar refractivity (Wildman–Crippen MR) is 99.1 cm³/mol. The lowest BCUT2D eigenvalue weighted by atomic mass is 9.70. The van der Waals surface area contributed by atoms with Crippen LogP contribution < -0.4 is 5.32 Å². The highest BCUT2D eigenvalue weighted by Crippen LogP contribution is 2.66. The first-order valence-electron chi connectivity index (χ1n) is 10.3. The number of hydrogen-bond donors (Lipinski definition) is 1. The van der Waals surface area contributed by atoms with E-state index in [1.807, 2.05) is 0 Å². The summed E-state index contributed by atoms with van der Waals surface area (Å²) in [5.41, 5.74) is -0.0360. The van der Waals surface area contributed by atoms with E-state index in [9.17, 15) is 9.59 Å². The quantitative estimate of drug-likeness (QED) is 0.841. The van der Waals surface area contributed by atoms with Crippen molar-refractivity contribution in [3.63, 3.8) is 0 Å². The van der Waals surface area contributed by atoms with Gasteiger partial charge < -0.3 is 5.32 Å². The van der Waals surface area contributed by atoms with E-state index in [0.29, 0.717) is 23.4 Å². The average molecular weight is 346 g/mol. The molecule has 4 rings (SSSR count). The minimum absolute atomic E-state index is 0.119. The molecule has 3 heteroatoms. The first kappa shape index (κ1) is 17.7. The molecule has 0 amide bonds. The van der Waals surface area contributed by atoms with E-state index >= 15 is 0 Å². The Balaban J connectivity index is 1.42. The van der Waals surface area contributed by atoms with Crippen LogP contribution in [0.2, 0.25) is 0 Å². The van der Waals surface area contributed by atoms with E-state index in [1.165, 1.54) is 12.8 Å². The third-order valence-electron chi connectivity index (χ3n) is 10.1. The summed E-state index contributed by atoms with van der Waals surface area (Å²) in [5.74, 6) is 2.22. The Morgan fingerprint density at radius 2 is 1.12 bits per heavy atom. The molecule has 0 aromatic heterocycles. The van der Waals surface area contributed by atoms with E-state index < -0.39 is 0 Å². The lowest BCUT2D eigenvalue weighted by molar-refractivity contribution is -0.131. The summed E-state index contributed by atoms with van der Waals surface area (Å²) < 4.78 is 0. The van der Waals surface area contributed by atoms with E-state index in [-0.39, 0.29) is 33.5 Å². The van der Waals surface area contributed by atoms with Gasteiger partial charge in [0.25, 0.3) is 0 Å². The van der Waals surface area contributed by atoms with Gasteiger partial charge in [0.15, 0.2) is 0 Å². The number of fused-ring (bicyclic) bond motifs is 4. The lowest BCUT2D eigenvalue weighted by Gasteiger charge is -2.32. The molecule has 25 heavy (non-hydrogen) atoms. The van der Waals surface area contributed by atoms with Crippen LogP contribution in [0.4, 0.5) is 0 Å². The monoisotopic (exact) mass is 345 g/mol. The summed E-state index contributed by atoms with van der Waals surface area (Å²) in [5, 5.41) is 3.57. The number of ketones is 2. The molecule has 0 aliphatic heterocycles. The average Bonchev–Trinajstić information content (AvgIpc) is 3.01. The molecule has 4 bridgehead atoms. The molecule has 140 valence electrons. The largest absolute Gasteiger partial charge is 0.315 e. The summed E-state index contributed by atoms with van der Waals surface area (Å²) >= 11 is 0. The number of nitrogens with one attached hydrogen (secondary N) is 1. The highest BCUT2D eigenvalue weighted by Gasteiger charge is 2.67. The van der Waals surface area contributed by atoms with Crippen molar-refractivity contribution in [2.24, 2.45) is 45.3 Å². The van der Waals surface area contributed by atoms with Gasteiger partial charge in [0.05, 0.1) is 0 Å². The van der Waals surface area contributed by atoms with Crippen molar-refractivity contribution >= 4 is 11.6 Å². The van der Waals surface area contributed by atoms with Crippen molar-refractivity contribution in [3.8, 4) is 0 Å². The predicted octanol–water partition coefficient (Wildman–Crippen LogP) is 3.86. The van der Waals surface area contributed by atoms with Crippen LogP contribution in [-0.4, -0.2) is 24.7 Å². The molecule has 4 aliphatic carbocycles. The van der Waals surface area contributed by atoms with Crippen molar-refractivity contribution < 1.29 is 9.59 Å². The number of Topliss-reactive ketones (excluding diaryl/α,β-unsaturated/α-hetero) is 2. The van der Waals surface area contributed by atoms with Crippen molar-refractivity contribution in [1.29, 1.82) is 0 Å². The van der Waals surface area contributed by atoms with Crippen LogP contribution in [0, 0.1) is 45.3 Å². The molecule has 3 nitrogen and oxygen atoms in total. The van der Waals surface area contributed by atoms with Crippen LogP contribution in [0.5, 0.6) is 0 Å². The van der Waals surface area contributed by atoms with Gasteiger partial charge in [-0.05, 0) is 48.3 Å². The van der Waals surface area contributed by atoms with Gasteiger partial charge in [-0.25, -0.2) is 0 Å². The molecule has 0 saturated heterocycles. The molecule has 4 aliphatic rings. The van der Waals surface area contributed by atoms with Crippen molar-refractivity contribution in [1.82, 2.24) is 5.32 Å². The number of hydrogen-bond acceptors (Lipinski definition) is 3.